The predicted octanol–water partition coefficient (Wildman–Crippen LogP) is 1.42. The van der Waals surface area contributed by atoms with Crippen molar-refractivity contribution in [2.24, 2.45) is 13.0 Å². The van der Waals surface area contributed by atoms with Crippen molar-refractivity contribution >= 4 is 16.9 Å². The third kappa shape index (κ3) is 1.82. The Bertz CT molecular complexity index is 635. The van der Waals surface area contributed by atoms with Crippen molar-refractivity contribution in [1.82, 2.24) is 15.4 Å². The molecule has 1 aliphatic heterocycles. The SMILES string of the molecule is CC1NNC(c2cn(C)c3ccccc23)C1C(=O)O. The number of rotatable bonds is 2. The number of hydrogen-bond acceptors (Lipinski definition) is 3. The fraction of sp³-hybridized carbons (Fsp3) is 0.357. The number of para-hydroxylation sites is 1. The van der Waals surface area contributed by atoms with E-state index >= 15 is 0 Å². The van der Waals surface area contributed by atoms with Crippen molar-refractivity contribution < 1.29 is 9.90 Å². The number of carboxylic acid groups (broad SMARTS) is 1. The summed E-state index contributed by atoms with van der Waals surface area (Å²) >= 11 is 0. The zero-order valence-corrected chi connectivity index (χ0v) is 10.9. The molecule has 1 fully saturated rings. The lowest BCUT2D eigenvalue weighted by molar-refractivity contribution is -0.142. The molecule has 3 atom stereocenters. The van der Waals surface area contributed by atoms with E-state index < -0.39 is 11.9 Å². The minimum absolute atomic E-state index is 0.0959. The molecule has 5 nitrogen and oxygen atoms in total. The molecule has 0 aliphatic carbocycles. The zero-order chi connectivity index (χ0) is 13.6. The normalized spacial score (nSPS) is 26.9. The Kier molecular flexibility index (Phi) is 2.80. The van der Waals surface area contributed by atoms with Gasteiger partial charge in [0.2, 0.25) is 0 Å². The number of aliphatic carboxylic acids is 1. The number of benzene rings is 1. The highest BCUT2D eigenvalue weighted by atomic mass is 16.4. The largest absolute Gasteiger partial charge is 0.481 e. The third-order valence-electron chi connectivity index (χ3n) is 3.91. The van der Waals surface area contributed by atoms with Gasteiger partial charge in [0.1, 0.15) is 0 Å². The van der Waals surface area contributed by atoms with E-state index in [-0.39, 0.29) is 12.1 Å². The van der Waals surface area contributed by atoms with Crippen LogP contribution in [0.25, 0.3) is 10.9 Å². The van der Waals surface area contributed by atoms with Gasteiger partial charge in [-0.2, -0.15) is 0 Å². The molecule has 2 heterocycles. The number of nitrogens with zero attached hydrogens (tertiary/aromatic N) is 1. The number of aryl methyl sites for hydroxylation is 1. The summed E-state index contributed by atoms with van der Waals surface area (Å²) in [4.78, 5) is 11.5. The van der Waals surface area contributed by atoms with Crippen molar-refractivity contribution in [3.63, 3.8) is 0 Å². The molecule has 3 unspecified atom stereocenters. The first-order valence-corrected chi connectivity index (χ1v) is 6.37. The molecule has 5 heteroatoms. The van der Waals surface area contributed by atoms with E-state index in [0.717, 1.165) is 16.5 Å². The van der Waals surface area contributed by atoms with Gasteiger partial charge < -0.3 is 9.67 Å². The second-order valence-corrected chi connectivity index (χ2v) is 5.13. The van der Waals surface area contributed by atoms with Crippen LogP contribution < -0.4 is 10.9 Å². The third-order valence-corrected chi connectivity index (χ3v) is 3.91. The van der Waals surface area contributed by atoms with Crippen LogP contribution in [0, 0.1) is 5.92 Å². The summed E-state index contributed by atoms with van der Waals surface area (Å²) in [7, 11) is 1.98. The molecule has 0 amide bonds. The van der Waals surface area contributed by atoms with Crippen LogP contribution in [0.5, 0.6) is 0 Å². The van der Waals surface area contributed by atoms with Crippen LogP contribution in [0.1, 0.15) is 18.5 Å². The molecule has 0 bridgehead atoms. The number of aromatic nitrogens is 1. The van der Waals surface area contributed by atoms with E-state index in [1.54, 1.807) is 0 Å². The number of carboxylic acids is 1. The molecule has 1 aliphatic rings. The zero-order valence-electron chi connectivity index (χ0n) is 10.9. The molecule has 100 valence electrons. The van der Waals surface area contributed by atoms with E-state index in [1.165, 1.54) is 0 Å². The number of nitrogens with one attached hydrogen (secondary N) is 2. The molecule has 1 aromatic heterocycles. The van der Waals surface area contributed by atoms with Crippen molar-refractivity contribution in [3.05, 3.63) is 36.0 Å². The van der Waals surface area contributed by atoms with Gasteiger partial charge in [0.25, 0.3) is 0 Å². The molecule has 0 spiro atoms. The first kappa shape index (κ1) is 12.2. The quantitative estimate of drug-likeness (QED) is 0.763. The maximum Gasteiger partial charge on any atom is 0.310 e. The Morgan fingerprint density at radius 1 is 1.32 bits per heavy atom. The molecule has 3 N–H and O–H groups in total. The first-order chi connectivity index (χ1) is 9.09. The number of carbonyl (C=O) groups is 1. The van der Waals surface area contributed by atoms with Gasteiger partial charge in [0, 0.05) is 30.2 Å². The molecular formula is C14H17N3O2. The standard InChI is InChI=1S/C14H17N3O2/c1-8-12(14(18)19)13(16-15-8)10-7-17(2)11-6-4-3-5-9(10)11/h3-8,12-13,15-16H,1-2H3,(H,18,19). The van der Waals surface area contributed by atoms with Crippen molar-refractivity contribution in [3.8, 4) is 0 Å². The van der Waals surface area contributed by atoms with Crippen LogP contribution in [0.15, 0.2) is 30.5 Å². The fourth-order valence-electron chi connectivity index (χ4n) is 2.94. The molecular weight excluding hydrogens is 242 g/mol. The van der Waals surface area contributed by atoms with Gasteiger partial charge in [-0.05, 0) is 18.6 Å². The average Bonchev–Trinajstić information content (AvgIpc) is 2.91. The fourth-order valence-corrected chi connectivity index (χ4v) is 2.94. The van der Waals surface area contributed by atoms with Crippen molar-refractivity contribution in [1.29, 1.82) is 0 Å². The van der Waals surface area contributed by atoms with Gasteiger partial charge in [0.15, 0.2) is 0 Å². The summed E-state index contributed by atoms with van der Waals surface area (Å²) in [6, 6.07) is 7.74. The predicted molar refractivity (Wildman–Crippen MR) is 72.5 cm³/mol. The number of hydrazine groups is 1. The number of hydrogen-bond donors (Lipinski definition) is 3. The van der Waals surface area contributed by atoms with Crippen LogP contribution in [0.3, 0.4) is 0 Å². The Balaban J connectivity index is 2.12. The van der Waals surface area contributed by atoms with E-state index in [4.69, 9.17) is 0 Å². The minimum atomic E-state index is -0.775. The van der Waals surface area contributed by atoms with Crippen molar-refractivity contribution in [2.75, 3.05) is 0 Å². The summed E-state index contributed by atoms with van der Waals surface area (Å²) in [5.74, 6) is -1.24. The van der Waals surface area contributed by atoms with Gasteiger partial charge in [-0.3, -0.25) is 10.2 Å². The Morgan fingerprint density at radius 2 is 2.05 bits per heavy atom. The summed E-state index contributed by atoms with van der Waals surface area (Å²) in [5.41, 5.74) is 8.29. The van der Waals surface area contributed by atoms with Gasteiger partial charge in [0.05, 0.1) is 12.0 Å². The van der Waals surface area contributed by atoms with Crippen LogP contribution >= 0.6 is 0 Å². The van der Waals surface area contributed by atoms with Crippen LogP contribution in [0.2, 0.25) is 0 Å². The molecule has 1 aromatic carbocycles. The second kappa shape index (κ2) is 4.36. The van der Waals surface area contributed by atoms with Gasteiger partial charge in [-0.25, -0.2) is 5.43 Å². The smallest absolute Gasteiger partial charge is 0.310 e. The van der Waals surface area contributed by atoms with Crippen LogP contribution in [0.4, 0.5) is 0 Å². The maximum atomic E-state index is 11.5. The molecule has 0 saturated carbocycles. The van der Waals surface area contributed by atoms with E-state index in [1.807, 2.05) is 49.0 Å². The lowest BCUT2D eigenvalue weighted by atomic mass is 9.90. The summed E-state index contributed by atoms with van der Waals surface area (Å²) in [6.45, 7) is 1.89. The summed E-state index contributed by atoms with van der Waals surface area (Å²) in [5, 5.41) is 10.5. The highest BCUT2D eigenvalue weighted by Crippen LogP contribution is 2.34. The molecule has 1 saturated heterocycles. The second-order valence-electron chi connectivity index (χ2n) is 5.13. The van der Waals surface area contributed by atoms with E-state index in [9.17, 15) is 9.90 Å². The van der Waals surface area contributed by atoms with Crippen LogP contribution in [-0.4, -0.2) is 21.7 Å². The van der Waals surface area contributed by atoms with Crippen molar-refractivity contribution in [2.45, 2.75) is 19.0 Å². The Morgan fingerprint density at radius 3 is 2.79 bits per heavy atom. The molecule has 0 radical (unpaired) electrons. The molecule has 2 aromatic rings. The topological polar surface area (TPSA) is 66.3 Å². The monoisotopic (exact) mass is 259 g/mol. The Hall–Kier alpha value is -1.85. The first-order valence-electron chi connectivity index (χ1n) is 6.37. The minimum Gasteiger partial charge on any atom is -0.481 e. The summed E-state index contributed by atoms with van der Waals surface area (Å²) in [6.07, 6.45) is 2.01. The summed E-state index contributed by atoms with van der Waals surface area (Å²) < 4.78 is 2.04. The Labute approximate surface area is 111 Å². The highest BCUT2D eigenvalue weighted by molar-refractivity contribution is 5.85. The van der Waals surface area contributed by atoms with E-state index in [0.29, 0.717) is 0 Å². The van der Waals surface area contributed by atoms with Gasteiger partial charge in [-0.15, -0.1) is 0 Å². The lowest BCUT2D eigenvalue weighted by Crippen LogP contribution is -2.30. The maximum absolute atomic E-state index is 11.5. The highest BCUT2D eigenvalue weighted by Gasteiger charge is 2.40. The van der Waals surface area contributed by atoms with Crippen LogP contribution in [-0.2, 0) is 11.8 Å². The molecule has 19 heavy (non-hydrogen) atoms. The van der Waals surface area contributed by atoms with E-state index in [2.05, 4.69) is 10.9 Å². The van der Waals surface area contributed by atoms with Gasteiger partial charge >= 0.3 is 5.97 Å². The van der Waals surface area contributed by atoms with Gasteiger partial charge in [-0.1, -0.05) is 18.2 Å². The number of fused-ring (bicyclic) bond motifs is 1. The average molecular weight is 259 g/mol. The molecule has 3 rings (SSSR count). The lowest BCUT2D eigenvalue weighted by Gasteiger charge is -2.16.